The SMILES string of the molecule is O=S(=O)(c1cccs1)N1CCN(C(=S)NCCC[NH+]2CCOCC2)CC1. The standard InChI is InChI=1S/C16H26N4O3S3/c21-26(22,15-3-1-14-25-15)20-8-6-19(7-9-20)16(24)17-4-2-5-18-10-12-23-13-11-18/h1,3,14H,2,4-13H2,(H,17,24)/p+1. The Balaban J connectivity index is 1.37. The number of hydrogen-bond donors (Lipinski definition) is 2. The molecule has 3 heterocycles. The predicted octanol–water partition coefficient (Wildman–Crippen LogP) is -0.766. The minimum absolute atomic E-state index is 0.414. The molecule has 2 fully saturated rings. The Bertz CT molecular complexity index is 667. The third kappa shape index (κ3) is 5.14. The van der Waals surface area contributed by atoms with E-state index >= 15 is 0 Å². The highest BCUT2D eigenvalue weighted by Gasteiger charge is 2.29. The number of morpholine rings is 1. The van der Waals surface area contributed by atoms with Crippen molar-refractivity contribution >= 4 is 38.7 Å². The summed E-state index contributed by atoms with van der Waals surface area (Å²) in [7, 11) is -3.35. The first-order chi connectivity index (χ1) is 12.6. The topological polar surface area (TPSA) is 66.3 Å². The summed E-state index contributed by atoms with van der Waals surface area (Å²) in [5.74, 6) is 0. The molecule has 0 aromatic carbocycles. The second-order valence-electron chi connectivity index (χ2n) is 6.52. The summed E-state index contributed by atoms with van der Waals surface area (Å²) in [6, 6.07) is 3.43. The largest absolute Gasteiger partial charge is 0.370 e. The fraction of sp³-hybridized carbons (Fsp3) is 0.688. The molecule has 2 aliphatic heterocycles. The Morgan fingerprint density at radius 1 is 1.27 bits per heavy atom. The molecule has 10 heteroatoms. The maximum absolute atomic E-state index is 12.5. The lowest BCUT2D eigenvalue weighted by atomic mass is 10.3. The molecule has 0 aliphatic carbocycles. The lowest BCUT2D eigenvalue weighted by Gasteiger charge is -2.35. The molecule has 0 amide bonds. The zero-order valence-electron chi connectivity index (χ0n) is 14.9. The van der Waals surface area contributed by atoms with Crippen LogP contribution in [0.5, 0.6) is 0 Å². The van der Waals surface area contributed by atoms with E-state index in [1.807, 2.05) is 0 Å². The minimum Gasteiger partial charge on any atom is -0.370 e. The van der Waals surface area contributed by atoms with Gasteiger partial charge in [-0.2, -0.15) is 4.31 Å². The molecule has 2 aliphatic rings. The van der Waals surface area contributed by atoms with Gasteiger partial charge in [-0.15, -0.1) is 11.3 Å². The van der Waals surface area contributed by atoms with Gasteiger partial charge in [-0.05, 0) is 23.7 Å². The van der Waals surface area contributed by atoms with Gasteiger partial charge in [0.15, 0.2) is 5.11 Å². The van der Waals surface area contributed by atoms with Crippen LogP contribution in [-0.4, -0.2) is 88.3 Å². The number of hydrogen-bond acceptors (Lipinski definition) is 5. The number of ether oxygens (including phenoxy) is 1. The number of sulfonamides is 1. The van der Waals surface area contributed by atoms with Crippen LogP contribution in [0.4, 0.5) is 0 Å². The van der Waals surface area contributed by atoms with Crippen LogP contribution in [-0.2, 0) is 14.8 Å². The summed E-state index contributed by atoms with van der Waals surface area (Å²) < 4.78 is 32.4. The summed E-state index contributed by atoms with van der Waals surface area (Å²) in [5, 5.41) is 5.84. The molecule has 0 spiro atoms. The van der Waals surface area contributed by atoms with Crippen molar-refractivity contribution in [3.63, 3.8) is 0 Å². The predicted molar refractivity (Wildman–Crippen MR) is 106 cm³/mol. The number of thiophene rings is 1. The maximum atomic E-state index is 12.5. The molecule has 0 saturated carbocycles. The quantitative estimate of drug-likeness (QED) is 0.467. The van der Waals surface area contributed by atoms with E-state index in [1.54, 1.807) is 26.7 Å². The molecule has 1 aromatic rings. The number of rotatable bonds is 6. The Morgan fingerprint density at radius 2 is 2.00 bits per heavy atom. The van der Waals surface area contributed by atoms with E-state index in [0.29, 0.717) is 30.4 Å². The van der Waals surface area contributed by atoms with Gasteiger partial charge in [-0.25, -0.2) is 8.42 Å². The molecule has 7 nitrogen and oxygen atoms in total. The Morgan fingerprint density at radius 3 is 2.65 bits per heavy atom. The average Bonchev–Trinajstić information content (AvgIpc) is 3.22. The van der Waals surface area contributed by atoms with Gasteiger partial charge in [-0.3, -0.25) is 0 Å². The Kier molecular flexibility index (Phi) is 7.24. The zero-order valence-corrected chi connectivity index (χ0v) is 17.3. The van der Waals surface area contributed by atoms with E-state index in [0.717, 1.165) is 50.9 Å². The van der Waals surface area contributed by atoms with Crippen LogP contribution in [0.1, 0.15) is 6.42 Å². The normalized spacial score (nSPS) is 20.2. The highest BCUT2D eigenvalue weighted by atomic mass is 32.2. The van der Waals surface area contributed by atoms with Crippen LogP contribution in [0.2, 0.25) is 0 Å². The molecule has 0 radical (unpaired) electrons. The zero-order chi connectivity index (χ0) is 18.4. The number of nitrogens with zero attached hydrogens (tertiary/aromatic N) is 2. The first-order valence-corrected chi connectivity index (χ1v) is 11.8. The van der Waals surface area contributed by atoms with E-state index in [9.17, 15) is 8.42 Å². The van der Waals surface area contributed by atoms with E-state index in [-0.39, 0.29) is 0 Å². The minimum atomic E-state index is -3.35. The molecule has 2 N–H and O–H groups in total. The van der Waals surface area contributed by atoms with Crippen molar-refractivity contribution < 1.29 is 18.1 Å². The fourth-order valence-corrected chi connectivity index (χ4v) is 6.08. The summed E-state index contributed by atoms with van der Waals surface area (Å²) in [6.45, 7) is 8.09. The van der Waals surface area contributed by atoms with Gasteiger partial charge in [0.25, 0.3) is 10.0 Å². The van der Waals surface area contributed by atoms with Gasteiger partial charge in [0.05, 0.1) is 19.8 Å². The maximum Gasteiger partial charge on any atom is 0.252 e. The smallest absolute Gasteiger partial charge is 0.252 e. The number of piperazine rings is 1. The van der Waals surface area contributed by atoms with E-state index in [4.69, 9.17) is 17.0 Å². The number of quaternary nitrogens is 1. The van der Waals surface area contributed by atoms with E-state index < -0.39 is 10.0 Å². The van der Waals surface area contributed by atoms with Crippen molar-refractivity contribution in [2.24, 2.45) is 0 Å². The number of thiocarbonyl (C=S) groups is 1. The highest BCUT2D eigenvalue weighted by molar-refractivity contribution is 7.91. The van der Waals surface area contributed by atoms with Crippen LogP contribution in [0, 0.1) is 0 Å². The van der Waals surface area contributed by atoms with Gasteiger partial charge in [0.2, 0.25) is 0 Å². The highest BCUT2D eigenvalue weighted by Crippen LogP contribution is 2.21. The third-order valence-electron chi connectivity index (χ3n) is 4.80. The van der Waals surface area contributed by atoms with Crippen molar-refractivity contribution in [3.05, 3.63) is 17.5 Å². The molecule has 3 rings (SSSR count). The molecule has 2 saturated heterocycles. The lowest BCUT2D eigenvalue weighted by molar-refractivity contribution is -0.908. The molecule has 0 atom stereocenters. The first kappa shape index (κ1) is 20.0. The van der Waals surface area contributed by atoms with Crippen LogP contribution >= 0.6 is 23.6 Å². The van der Waals surface area contributed by atoms with Crippen LogP contribution < -0.4 is 10.2 Å². The lowest BCUT2D eigenvalue weighted by Crippen LogP contribution is -3.14. The fourth-order valence-electron chi connectivity index (χ4n) is 3.22. The van der Waals surface area contributed by atoms with E-state index in [2.05, 4.69) is 10.2 Å². The van der Waals surface area contributed by atoms with Crippen molar-refractivity contribution in [1.29, 1.82) is 0 Å². The summed E-state index contributed by atoms with van der Waals surface area (Å²) in [6.07, 6.45) is 1.07. The second-order valence-corrected chi connectivity index (χ2v) is 10.0. The molecule has 26 heavy (non-hydrogen) atoms. The monoisotopic (exact) mass is 419 g/mol. The first-order valence-electron chi connectivity index (χ1n) is 9.05. The molecular weight excluding hydrogens is 392 g/mol. The van der Waals surface area contributed by atoms with Crippen LogP contribution in [0.15, 0.2) is 21.7 Å². The number of nitrogens with one attached hydrogen (secondary N) is 2. The van der Waals surface area contributed by atoms with Gasteiger partial charge >= 0.3 is 0 Å². The van der Waals surface area contributed by atoms with Crippen molar-refractivity contribution in [3.8, 4) is 0 Å². The Labute approximate surface area is 165 Å². The molecule has 0 bridgehead atoms. The Hall–Kier alpha value is -0.780. The third-order valence-corrected chi connectivity index (χ3v) is 8.47. The molecular formula is C16H27N4O3S3+. The van der Waals surface area contributed by atoms with Crippen molar-refractivity contribution in [2.75, 3.05) is 65.6 Å². The van der Waals surface area contributed by atoms with Crippen LogP contribution in [0.25, 0.3) is 0 Å². The van der Waals surface area contributed by atoms with Gasteiger partial charge < -0.3 is 19.9 Å². The van der Waals surface area contributed by atoms with Crippen molar-refractivity contribution in [1.82, 2.24) is 14.5 Å². The second kappa shape index (κ2) is 9.43. The molecule has 146 valence electrons. The van der Waals surface area contributed by atoms with Gasteiger partial charge in [-0.1, -0.05) is 6.07 Å². The average molecular weight is 420 g/mol. The van der Waals surface area contributed by atoms with Crippen LogP contribution in [0.3, 0.4) is 0 Å². The molecule has 1 aromatic heterocycles. The van der Waals surface area contributed by atoms with Gasteiger partial charge in [0.1, 0.15) is 17.3 Å². The summed E-state index contributed by atoms with van der Waals surface area (Å²) in [4.78, 5) is 3.66. The van der Waals surface area contributed by atoms with E-state index in [1.165, 1.54) is 11.3 Å². The van der Waals surface area contributed by atoms with Crippen molar-refractivity contribution in [2.45, 2.75) is 10.6 Å². The van der Waals surface area contributed by atoms with Gasteiger partial charge in [0, 0.05) is 39.1 Å². The summed E-state index contributed by atoms with van der Waals surface area (Å²) in [5.41, 5.74) is 0. The molecule has 0 unspecified atom stereocenters. The summed E-state index contributed by atoms with van der Waals surface area (Å²) >= 11 is 6.74.